The number of alkyl halides is 2. The predicted molar refractivity (Wildman–Crippen MR) is 116 cm³/mol. The summed E-state index contributed by atoms with van der Waals surface area (Å²) in [5, 5.41) is 13.8. The minimum atomic E-state index is -4.18. The number of halogens is 2. The first-order valence-corrected chi connectivity index (χ1v) is 11.1. The topological polar surface area (TPSA) is 144 Å². The standard InChI is InChI=1S/C20H18F2N6O5S/c1-10-6-7-11-13(34(23,29)30)9-28(15(11)14(10)12-5-4-8-24-27-12)20-25-17(31-2)16(33-19(21)22)18(26-20)32-3/h4-9,19H,1-3H3,(H2,23,29,30). The molecule has 34 heavy (non-hydrogen) atoms. The number of hydrogen-bond donors (Lipinski definition) is 1. The summed E-state index contributed by atoms with van der Waals surface area (Å²) in [6.45, 7) is -1.39. The van der Waals surface area contributed by atoms with E-state index in [9.17, 15) is 17.2 Å². The van der Waals surface area contributed by atoms with Crippen molar-refractivity contribution >= 4 is 20.9 Å². The van der Waals surface area contributed by atoms with Crippen LogP contribution >= 0.6 is 0 Å². The van der Waals surface area contributed by atoms with Gasteiger partial charge in [-0.05, 0) is 24.6 Å². The number of rotatable bonds is 7. The van der Waals surface area contributed by atoms with Crippen molar-refractivity contribution in [3.05, 3.63) is 42.2 Å². The predicted octanol–water partition coefficient (Wildman–Crippen LogP) is 2.45. The Labute approximate surface area is 192 Å². The molecule has 178 valence electrons. The average molecular weight is 492 g/mol. The quantitative estimate of drug-likeness (QED) is 0.411. The van der Waals surface area contributed by atoms with Gasteiger partial charge in [-0.1, -0.05) is 12.1 Å². The third-order valence-corrected chi connectivity index (χ3v) is 5.81. The van der Waals surface area contributed by atoms with Crippen molar-refractivity contribution in [2.75, 3.05) is 14.2 Å². The van der Waals surface area contributed by atoms with Gasteiger partial charge >= 0.3 is 6.61 Å². The first kappa shape index (κ1) is 23.3. The number of methoxy groups -OCH3 is 2. The van der Waals surface area contributed by atoms with Crippen LogP contribution in [0.25, 0.3) is 28.1 Å². The Balaban J connectivity index is 2.12. The van der Waals surface area contributed by atoms with Gasteiger partial charge in [-0.3, -0.25) is 4.57 Å². The van der Waals surface area contributed by atoms with E-state index in [4.69, 9.17) is 14.6 Å². The molecule has 0 saturated heterocycles. The molecule has 2 N–H and O–H groups in total. The van der Waals surface area contributed by atoms with Crippen molar-refractivity contribution in [1.29, 1.82) is 0 Å². The molecular formula is C20H18F2N6O5S. The van der Waals surface area contributed by atoms with E-state index < -0.39 is 22.4 Å². The number of nitrogens with two attached hydrogens (primary N) is 1. The molecular weight excluding hydrogens is 474 g/mol. The van der Waals surface area contributed by atoms with Crippen molar-refractivity contribution in [1.82, 2.24) is 24.7 Å². The van der Waals surface area contributed by atoms with Gasteiger partial charge < -0.3 is 14.2 Å². The highest BCUT2D eigenvalue weighted by Gasteiger charge is 2.27. The number of hydrogen-bond acceptors (Lipinski definition) is 9. The van der Waals surface area contributed by atoms with Crippen LogP contribution in [-0.2, 0) is 10.0 Å². The summed E-state index contributed by atoms with van der Waals surface area (Å²) in [4.78, 5) is 8.10. The maximum atomic E-state index is 12.9. The van der Waals surface area contributed by atoms with Crippen LogP contribution in [0, 0.1) is 6.92 Å². The molecule has 14 heteroatoms. The maximum Gasteiger partial charge on any atom is 0.387 e. The summed E-state index contributed by atoms with van der Waals surface area (Å²) in [6.07, 6.45) is 2.72. The van der Waals surface area contributed by atoms with Gasteiger partial charge in [0.05, 0.1) is 25.4 Å². The SMILES string of the molecule is COc1nc(-n2cc(S(N)(=O)=O)c3ccc(C)c(-c4cccnn4)c32)nc(OC)c1OC(F)F. The Morgan fingerprint density at radius 2 is 1.76 bits per heavy atom. The van der Waals surface area contributed by atoms with Gasteiger partial charge in [-0.15, -0.1) is 0 Å². The monoisotopic (exact) mass is 492 g/mol. The fourth-order valence-electron chi connectivity index (χ4n) is 3.51. The van der Waals surface area contributed by atoms with Crippen molar-refractivity contribution < 1.29 is 31.4 Å². The van der Waals surface area contributed by atoms with Crippen LogP contribution in [-0.4, -0.2) is 54.0 Å². The highest BCUT2D eigenvalue weighted by atomic mass is 32.2. The van der Waals surface area contributed by atoms with E-state index in [1.807, 2.05) is 0 Å². The molecule has 3 heterocycles. The Bertz CT molecular complexity index is 1450. The van der Waals surface area contributed by atoms with E-state index in [-0.39, 0.29) is 28.0 Å². The molecule has 0 radical (unpaired) electrons. The molecule has 0 fully saturated rings. The molecule has 0 amide bonds. The molecule has 0 saturated carbocycles. The Kier molecular flexibility index (Phi) is 6.01. The number of benzene rings is 1. The molecule has 0 aliphatic heterocycles. The molecule has 0 bridgehead atoms. The lowest BCUT2D eigenvalue weighted by atomic mass is 10.0. The fraction of sp³-hybridized carbons (Fsp3) is 0.200. The average Bonchev–Trinajstić information content (AvgIpc) is 3.19. The first-order chi connectivity index (χ1) is 16.2. The second-order valence-corrected chi connectivity index (χ2v) is 8.45. The number of ether oxygens (including phenoxy) is 3. The molecule has 1 aromatic carbocycles. The Morgan fingerprint density at radius 1 is 1.09 bits per heavy atom. The minimum absolute atomic E-state index is 0.147. The van der Waals surface area contributed by atoms with E-state index in [0.717, 1.165) is 5.56 Å². The van der Waals surface area contributed by atoms with Crippen LogP contribution in [0.4, 0.5) is 8.78 Å². The van der Waals surface area contributed by atoms with E-state index in [1.165, 1.54) is 31.2 Å². The van der Waals surface area contributed by atoms with Crippen LogP contribution in [0.3, 0.4) is 0 Å². The molecule has 0 atom stereocenters. The number of sulfonamides is 1. The smallest absolute Gasteiger partial charge is 0.387 e. The van der Waals surface area contributed by atoms with Gasteiger partial charge in [0.15, 0.2) is 0 Å². The number of aryl methyl sites for hydroxylation is 1. The van der Waals surface area contributed by atoms with Gasteiger partial charge in [-0.25, -0.2) is 13.6 Å². The molecule has 3 aromatic heterocycles. The van der Waals surface area contributed by atoms with Crippen molar-refractivity contribution in [2.24, 2.45) is 5.14 Å². The zero-order chi connectivity index (χ0) is 24.6. The second-order valence-electron chi connectivity index (χ2n) is 6.92. The van der Waals surface area contributed by atoms with Gasteiger partial charge in [0.1, 0.15) is 4.90 Å². The summed E-state index contributed by atoms with van der Waals surface area (Å²) in [6, 6.07) is 6.67. The third kappa shape index (κ3) is 4.08. The Morgan fingerprint density at radius 3 is 2.29 bits per heavy atom. The normalized spacial score (nSPS) is 11.7. The van der Waals surface area contributed by atoms with Crippen LogP contribution in [0.15, 0.2) is 41.6 Å². The van der Waals surface area contributed by atoms with Crippen LogP contribution in [0.5, 0.6) is 17.5 Å². The number of aromatic nitrogens is 5. The van der Waals surface area contributed by atoms with E-state index in [2.05, 4.69) is 24.9 Å². The van der Waals surface area contributed by atoms with Gasteiger partial charge in [0.25, 0.3) is 11.8 Å². The highest BCUT2D eigenvalue weighted by Crippen LogP contribution is 2.39. The minimum Gasteiger partial charge on any atom is -0.478 e. The molecule has 0 unspecified atom stereocenters. The van der Waals surface area contributed by atoms with Crippen LogP contribution in [0.2, 0.25) is 0 Å². The molecule has 0 aliphatic rings. The first-order valence-electron chi connectivity index (χ1n) is 9.56. The van der Waals surface area contributed by atoms with Gasteiger partial charge in [0, 0.05) is 23.3 Å². The second kappa shape index (κ2) is 8.79. The lowest BCUT2D eigenvalue weighted by Crippen LogP contribution is -2.12. The van der Waals surface area contributed by atoms with Crippen molar-refractivity contribution in [3.63, 3.8) is 0 Å². The van der Waals surface area contributed by atoms with Crippen molar-refractivity contribution in [2.45, 2.75) is 18.4 Å². The van der Waals surface area contributed by atoms with Crippen LogP contribution < -0.4 is 19.3 Å². The fourth-order valence-corrected chi connectivity index (χ4v) is 4.23. The zero-order valence-electron chi connectivity index (χ0n) is 18.1. The van der Waals surface area contributed by atoms with E-state index in [0.29, 0.717) is 16.8 Å². The van der Waals surface area contributed by atoms with Gasteiger partial charge in [0.2, 0.25) is 21.7 Å². The number of fused-ring (bicyclic) bond motifs is 1. The highest BCUT2D eigenvalue weighted by molar-refractivity contribution is 7.89. The molecule has 11 nitrogen and oxygen atoms in total. The number of nitrogens with zero attached hydrogens (tertiary/aromatic N) is 5. The van der Waals surface area contributed by atoms with Crippen molar-refractivity contribution in [3.8, 4) is 34.7 Å². The van der Waals surface area contributed by atoms with Gasteiger partial charge in [-0.2, -0.15) is 28.9 Å². The molecule has 4 rings (SSSR count). The summed E-state index contributed by atoms with van der Waals surface area (Å²) >= 11 is 0. The summed E-state index contributed by atoms with van der Waals surface area (Å²) in [5.41, 5.74) is 2.07. The largest absolute Gasteiger partial charge is 0.478 e. The van der Waals surface area contributed by atoms with E-state index >= 15 is 0 Å². The van der Waals surface area contributed by atoms with Crippen LogP contribution in [0.1, 0.15) is 5.56 Å². The summed E-state index contributed by atoms with van der Waals surface area (Å²) in [7, 11) is -1.79. The van der Waals surface area contributed by atoms with E-state index in [1.54, 1.807) is 31.2 Å². The third-order valence-electron chi connectivity index (χ3n) is 4.87. The molecule has 4 aromatic rings. The lowest BCUT2D eigenvalue weighted by Gasteiger charge is -2.15. The zero-order valence-corrected chi connectivity index (χ0v) is 18.9. The molecule has 0 aliphatic carbocycles. The lowest BCUT2D eigenvalue weighted by molar-refractivity contribution is -0.0534. The Hall–Kier alpha value is -3.91. The summed E-state index contributed by atoms with van der Waals surface area (Å²) in [5.74, 6) is -1.37. The molecule has 0 spiro atoms. The number of primary sulfonamides is 1. The summed E-state index contributed by atoms with van der Waals surface area (Å²) < 4.78 is 66.6. The maximum absolute atomic E-state index is 12.9.